The number of benzene rings is 3. The molecule has 4 nitrogen and oxygen atoms in total. The number of amides is 1. The maximum absolute atomic E-state index is 13.5. The third kappa shape index (κ3) is 3.05. The first-order valence-corrected chi connectivity index (χ1v) is 10.6. The topological polar surface area (TPSA) is 50.5 Å². The number of carbonyl (C=O) groups is 1. The molecule has 7 heteroatoms. The third-order valence-corrected chi connectivity index (χ3v) is 6.05. The van der Waals surface area contributed by atoms with E-state index in [4.69, 9.17) is 27.6 Å². The second-order valence-corrected chi connectivity index (χ2v) is 8.72. The van der Waals surface area contributed by atoms with Crippen molar-refractivity contribution in [2.45, 2.75) is 6.04 Å². The van der Waals surface area contributed by atoms with Gasteiger partial charge in [-0.05, 0) is 54.1 Å². The number of rotatable bonds is 2. The lowest BCUT2D eigenvalue weighted by Crippen LogP contribution is -2.29. The van der Waals surface area contributed by atoms with E-state index >= 15 is 0 Å². The highest BCUT2D eigenvalue weighted by molar-refractivity contribution is 9.10. The van der Waals surface area contributed by atoms with Crippen molar-refractivity contribution in [3.05, 3.63) is 108 Å². The fraction of sp³-hybridized carbons (Fsp3) is 0.0435. The van der Waals surface area contributed by atoms with E-state index in [1.54, 1.807) is 60.7 Å². The second-order valence-electron chi connectivity index (χ2n) is 6.93. The van der Waals surface area contributed by atoms with Gasteiger partial charge in [-0.1, -0.05) is 57.3 Å². The van der Waals surface area contributed by atoms with Gasteiger partial charge in [0.25, 0.3) is 5.91 Å². The first-order valence-electron chi connectivity index (χ1n) is 9.05. The van der Waals surface area contributed by atoms with E-state index in [-0.39, 0.29) is 16.8 Å². The molecule has 0 N–H and O–H groups in total. The summed E-state index contributed by atoms with van der Waals surface area (Å²) >= 11 is 15.8. The molecule has 0 aliphatic carbocycles. The molecule has 1 atom stereocenters. The van der Waals surface area contributed by atoms with Crippen LogP contribution in [-0.4, -0.2) is 5.91 Å². The second kappa shape index (κ2) is 7.27. The van der Waals surface area contributed by atoms with Gasteiger partial charge in [0.2, 0.25) is 5.76 Å². The summed E-state index contributed by atoms with van der Waals surface area (Å²) in [6.07, 6.45) is 0. The number of nitrogens with zero attached hydrogens (tertiary/aromatic N) is 1. The van der Waals surface area contributed by atoms with Gasteiger partial charge >= 0.3 is 0 Å². The zero-order valence-corrected chi connectivity index (χ0v) is 18.3. The van der Waals surface area contributed by atoms with Crippen molar-refractivity contribution >= 4 is 61.7 Å². The van der Waals surface area contributed by atoms with E-state index in [2.05, 4.69) is 15.9 Å². The Morgan fingerprint density at radius 3 is 2.37 bits per heavy atom. The van der Waals surface area contributed by atoms with Crippen LogP contribution in [0, 0.1) is 0 Å². The van der Waals surface area contributed by atoms with Gasteiger partial charge in [0.1, 0.15) is 5.58 Å². The van der Waals surface area contributed by atoms with Crippen molar-refractivity contribution in [3.8, 4) is 0 Å². The highest BCUT2D eigenvalue weighted by Crippen LogP contribution is 2.42. The Bertz CT molecular complexity index is 1400. The molecule has 1 amide bonds. The molecular weight excluding hydrogens is 489 g/mol. The van der Waals surface area contributed by atoms with Gasteiger partial charge in [0.05, 0.1) is 17.0 Å². The summed E-state index contributed by atoms with van der Waals surface area (Å²) in [7, 11) is 0. The Kier molecular flexibility index (Phi) is 4.69. The number of hydrogen-bond acceptors (Lipinski definition) is 3. The summed E-state index contributed by atoms with van der Waals surface area (Å²) in [5.41, 5.74) is 1.65. The summed E-state index contributed by atoms with van der Waals surface area (Å²) in [6, 6.07) is 18.5. The fourth-order valence-corrected chi connectivity index (χ4v) is 4.57. The quantitative estimate of drug-likeness (QED) is 0.311. The molecule has 4 aromatic rings. The van der Waals surface area contributed by atoms with Crippen LogP contribution in [0.1, 0.15) is 27.7 Å². The summed E-state index contributed by atoms with van der Waals surface area (Å²) in [5.74, 6) is -0.376. The predicted molar refractivity (Wildman–Crippen MR) is 122 cm³/mol. The number of halogens is 3. The maximum Gasteiger partial charge on any atom is 0.295 e. The van der Waals surface area contributed by atoms with Crippen LogP contribution in [0.4, 0.5) is 5.69 Å². The molecule has 30 heavy (non-hydrogen) atoms. The molecule has 0 bridgehead atoms. The molecule has 1 aliphatic rings. The number of hydrogen-bond donors (Lipinski definition) is 0. The van der Waals surface area contributed by atoms with Crippen molar-refractivity contribution in [1.29, 1.82) is 0 Å². The molecule has 0 fully saturated rings. The molecule has 0 saturated carbocycles. The van der Waals surface area contributed by atoms with Gasteiger partial charge in [-0.15, -0.1) is 0 Å². The molecule has 1 aliphatic heterocycles. The number of anilines is 1. The zero-order valence-electron chi connectivity index (χ0n) is 15.2. The Morgan fingerprint density at radius 2 is 1.63 bits per heavy atom. The van der Waals surface area contributed by atoms with Gasteiger partial charge in [-0.3, -0.25) is 14.5 Å². The van der Waals surface area contributed by atoms with Gasteiger partial charge in [-0.25, -0.2) is 0 Å². The molecule has 2 heterocycles. The van der Waals surface area contributed by atoms with E-state index in [0.29, 0.717) is 32.3 Å². The first kappa shape index (κ1) is 19.4. The average Bonchev–Trinajstić information content (AvgIpc) is 3.01. The molecule has 5 rings (SSSR count). The lowest BCUT2D eigenvalue weighted by molar-refractivity contribution is 0.0971. The van der Waals surface area contributed by atoms with Crippen molar-refractivity contribution in [2.24, 2.45) is 0 Å². The largest absolute Gasteiger partial charge is 0.450 e. The van der Waals surface area contributed by atoms with Gasteiger partial charge in [0.15, 0.2) is 5.43 Å². The zero-order chi connectivity index (χ0) is 21.0. The fourth-order valence-electron chi connectivity index (χ4n) is 3.83. The minimum absolute atomic E-state index is 0.0276. The summed E-state index contributed by atoms with van der Waals surface area (Å²) in [4.78, 5) is 28.5. The van der Waals surface area contributed by atoms with Gasteiger partial charge in [-0.2, -0.15) is 0 Å². The Balaban J connectivity index is 1.84. The summed E-state index contributed by atoms with van der Waals surface area (Å²) in [5, 5.41) is 1.39. The van der Waals surface area contributed by atoms with Crippen molar-refractivity contribution in [2.75, 3.05) is 4.90 Å². The van der Waals surface area contributed by atoms with Crippen LogP contribution in [0.2, 0.25) is 10.0 Å². The average molecular weight is 501 g/mol. The van der Waals surface area contributed by atoms with Crippen LogP contribution >= 0.6 is 39.1 Å². The van der Waals surface area contributed by atoms with Crippen molar-refractivity contribution < 1.29 is 9.21 Å². The van der Waals surface area contributed by atoms with Crippen molar-refractivity contribution in [3.63, 3.8) is 0 Å². The molecule has 0 radical (unpaired) electrons. The standard InChI is InChI=1S/C23H12BrCl2NO3/c24-13-7-8-18-17(10-13)21(28)19-20(12-3-1-4-14(25)9-12)27(23(29)22(19)30-18)16-6-2-5-15(26)11-16/h1-11,20H. The number of carbonyl (C=O) groups excluding carboxylic acids is 1. The minimum Gasteiger partial charge on any atom is -0.450 e. The van der Waals surface area contributed by atoms with E-state index in [1.165, 1.54) is 4.90 Å². The predicted octanol–water partition coefficient (Wildman–Crippen LogP) is 6.61. The minimum atomic E-state index is -0.690. The van der Waals surface area contributed by atoms with Crippen LogP contribution < -0.4 is 10.3 Å². The monoisotopic (exact) mass is 499 g/mol. The van der Waals surface area contributed by atoms with Crippen molar-refractivity contribution in [1.82, 2.24) is 0 Å². The Labute approximate surface area is 189 Å². The molecular formula is C23H12BrCl2NO3. The summed E-state index contributed by atoms with van der Waals surface area (Å²) < 4.78 is 6.69. The highest BCUT2D eigenvalue weighted by Gasteiger charge is 2.43. The molecule has 0 spiro atoms. The summed E-state index contributed by atoms with van der Waals surface area (Å²) in [6.45, 7) is 0. The van der Waals surface area contributed by atoms with Crippen LogP contribution in [0.15, 0.2) is 80.4 Å². The first-order chi connectivity index (χ1) is 14.4. The molecule has 148 valence electrons. The smallest absolute Gasteiger partial charge is 0.295 e. The number of fused-ring (bicyclic) bond motifs is 2. The van der Waals surface area contributed by atoms with Crippen LogP contribution in [0.5, 0.6) is 0 Å². The normalized spacial score (nSPS) is 15.6. The molecule has 0 saturated heterocycles. The van der Waals surface area contributed by atoms with E-state index in [1.807, 2.05) is 6.07 Å². The Hall–Kier alpha value is -2.60. The highest BCUT2D eigenvalue weighted by atomic mass is 79.9. The van der Waals surface area contributed by atoms with Gasteiger partial charge < -0.3 is 4.42 Å². The molecule has 1 unspecified atom stereocenters. The maximum atomic E-state index is 13.5. The van der Waals surface area contributed by atoms with E-state index < -0.39 is 11.9 Å². The lowest BCUT2D eigenvalue weighted by atomic mass is 9.98. The molecule has 3 aromatic carbocycles. The Morgan fingerprint density at radius 1 is 0.900 bits per heavy atom. The molecule has 1 aromatic heterocycles. The van der Waals surface area contributed by atoms with Crippen LogP contribution in [0.3, 0.4) is 0 Å². The lowest BCUT2D eigenvalue weighted by Gasteiger charge is -2.25. The van der Waals surface area contributed by atoms with E-state index in [9.17, 15) is 9.59 Å². The van der Waals surface area contributed by atoms with Crippen LogP contribution in [-0.2, 0) is 0 Å². The van der Waals surface area contributed by atoms with Gasteiger partial charge in [0, 0.05) is 20.2 Å². The SMILES string of the molecule is O=C1c2oc3ccc(Br)cc3c(=O)c2C(c2cccc(Cl)c2)N1c1cccc(Cl)c1. The van der Waals surface area contributed by atoms with E-state index in [0.717, 1.165) is 4.47 Å². The third-order valence-electron chi connectivity index (χ3n) is 5.08. The van der Waals surface area contributed by atoms with Crippen LogP contribution in [0.25, 0.3) is 11.0 Å².